The molecule has 3 rings (SSSR count). The van der Waals surface area contributed by atoms with Gasteiger partial charge in [0.2, 0.25) is 0 Å². The summed E-state index contributed by atoms with van der Waals surface area (Å²) in [6.07, 6.45) is 3.60. The Morgan fingerprint density at radius 3 is 2.35 bits per heavy atom. The second-order valence-corrected chi connectivity index (χ2v) is 5.48. The van der Waals surface area contributed by atoms with Crippen molar-refractivity contribution < 1.29 is 19.7 Å². The van der Waals surface area contributed by atoms with Crippen molar-refractivity contribution in [1.82, 2.24) is 0 Å². The molecule has 0 amide bonds. The molecule has 0 aliphatic rings. The number of phenols is 3. The minimum Gasteiger partial charge on any atom is -0.508 e. The molecule has 4 nitrogen and oxygen atoms in total. The van der Waals surface area contributed by atoms with Gasteiger partial charge in [-0.1, -0.05) is 24.3 Å². The maximum absolute atomic E-state index is 10.1. The van der Waals surface area contributed by atoms with Crippen LogP contribution >= 0.6 is 0 Å². The minimum atomic E-state index is -0.0478. The van der Waals surface area contributed by atoms with Crippen molar-refractivity contribution in [3.63, 3.8) is 0 Å². The fourth-order valence-electron chi connectivity index (χ4n) is 2.34. The Hall–Kier alpha value is -3.14. The van der Waals surface area contributed by atoms with E-state index in [0.717, 1.165) is 11.0 Å². The lowest BCUT2D eigenvalue weighted by Gasteiger charge is -2.00. The molecule has 0 spiro atoms. The number of furan rings is 1. The maximum atomic E-state index is 10.1. The van der Waals surface area contributed by atoms with Crippen LogP contribution < -0.4 is 0 Å². The second kappa shape index (κ2) is 5.57. The Balaban J connectivity index is 2.10. The molecule has 23 heavy (non-hydrogen) atoms. The first-order chi connectivity index (χ1) is 10.9. The molecule has 3 N–H and O–H groups in total. The van der Waals surface area contributed by atoms with Crippen LogP contribution in [0, 0.1) is 0 Å². The van der Waals surface area contributed by atoms with E-state index in [9.17, 15) is 15.3 Å². The summed E-state index contributed by atoms with van der Waals surface area (Å²) in [7, 11) is 0. The van der Waals surface area contributed by atoms with Gasteiger partial charge in [-0.15, -0.1) is 0 Å². The van der Waals surface area contributed by atoms with Crippen molar-refractivity contribution in [2.45, 2.75) is 6.92 Å². The van der Waals surface area contributed by atoms with Gasteiger partial charge in [-0.2, -0.15) is 0 Å². The molecule has 116 valence electrons. The average molecular weight is 308 g/mol. The maximum Gasteiger partial charge on any atom is 0.138 e. The smallest absolute Gasteiger partial charge is 0.138 e. The molecular weight excluding hydrogens is 292 g/mol. The Morgan fingerprint density at radius 2 is 1.70 bits per heavy atom. The summed E-state index contributed by atoms with van der Waals surface area (Å²) < 4.78 is 5.70. The van der Waals surface area contributed by atoms with E-state index in [1.165, 1.54) is 18.2 Å². The lowest BCUT2D eigenvalue weighted by atomic mass is 10.1. The molecule has 2 aromatic carbocycles. The summed E-state index contributed by atoms with van der Waals surface area (Å²) in [6.45, 7) is 5.66. The van der Waals surface area contributed by atoms with Crippen LogP contribution in [0.25, 0.3) is 28.4 Å². The van der Waals surface area contributed by atoms with Crippen LogP contribution in [0.4, 0.5) is 0 Å². The van der Waals surface area contributed by atoms with E-state index in [-0.39, 0.29) is 17.2 Å². The first-order valence-corrected chi connectivity index (χ1v) is 7.06. The van der Waals surface area contributed by atoms with Crippen LogP contribution in [-0.2, 0) is 0 Å². The third kappa shape index (κ3) is 3.06. The van der Waals surface area contributed by atoms with E-state index < -0.39 is 0 Å². The van der Waals surface area contributed by atoms with Gasteiger partial charge in [0.15, 0.2) is 0 Å². The van der Waals surface area contributed by atoms with E-state index in [0.29, 0.717) is 22.5 Å². The molecule has 0 atom stereocenters. The summed E-state index contributed by atoms with van der Waals surface area (Å²) in [5.41, 5.74) is 2.62. The summed E-state index contributed by atoms with van der Waals surface area (Å²) in [4.78, 5) is 0. The van der Waals surface area contributed by atoms with Crippen molar-refractivity contribution in [2.24, 2.45) is 0 Å². The Bertz CT molecular complexity index is 912. The third-order valence-electron chi connectivity index (χ3n) is 3.40. The molecule has 0 saturated carbocycles. The highest BCUT2D eigenvalue weighted by Gasteiger charge is 2.11. The predicted octanol–water partition coefficient (Wildman–Crippen LogP) is 4.81. The molecule has 3 aromatic rings. The average Bonchev–Trinajstić information content (AvgIpc) is 2.86. The fraction of sp³-hybridized carbons (Fsp3) is 0.0526. The number of hydrogen-bond acceptors (Lipinski definition) is 4. The van der Waals surface area contributed by atoms with Gasteiger partial charge in [-0.25, -0.2) is 0 Å². The van der Waals surface area contributed by atoms with E-state index in [1.807, 2.05) is 13.0 Å². The number of benzene rings is 2. The molecule has 0 aliphatic heterocycles. The lowest BCUT2D eigenvalue weighted by Crippen LogP contribution is -1.75. The first-order valence-electron chi connectivity index (χ1n) is 7.06. The molecule has 1 aromatic heterocycles. The highest BCUT2D eigenvalue weighted by atomic mass is 16.3. The number of fused-ring (bicyclic) bond motifs is 1. The zero-order chi connectivity index (χ0) is 16.6. The van der Waals surface area contributed by atoms with Gasteiger partial charge in [0.05, 0.1) is 0 Å². The van der Waals surface area contributed by atoms with Gasteiger partial charge in [-0.05, 0) is 31.2 Å². The molecule has 0 aliphatic carbocycles. The molecule has 0 unspecified atom stereocenters. The van der Waals surface area contributed by atoms with Gasteiger partial charge < -0.3 is 19.7 Å². The quantitative estimate of drug-likeness (QED) is 0.607. The third-order valence-corrected chi connectivity index (χ3v) is 3.40. The van der Waals surface area contributed by atoms with Crippen LogP contribution in [0.2, 0.25) is 0 Å². The Labute approximate surface area is 133 Å². The summed E-state index contributed by atoms with van der Waals surface area (Å²) in [5, 5.41) is 30.0. The Morgan fingerprint density at radius 1 is 1.00 bits per heavy atom. The van der Waals surface area contributed by atoms with Crippen LogP contribution in [0.3, 0.4) is 0 Å². The standard InChI is InChI=1S/C19H16O4/c1-11(2)3-4-12-5-13-8-18(23-19(13)10-17(12)22)14-6-15(20)9-16(21)7-14/h3-10,20-22H,1H2,2H3/b4-3+. The summed E-state index contributed by atoms with van der Waals surface area (Å²) >= 11 is 0. The largest absolute Gasteiger partial charge is 0.508 e. The highest BCUT2D eigenvalue weighted by molar-refractivity contribution is 5.87. The highest BCUT2D eigenvalue weighted by Crippen LogP contribution is 2.35. The second-order valence-electron chi connectivity index (χ2n) is 5.48. The Kier molecular flexibility index (Phi) is 3.58. The van der Waals surface area contributed by atoms with Crippen molar-refractivity contribution in [3.8, 4) is 28.6 Å². The molecule has 1 heterocycles. The zero-order valence-electron chi connectivity index (χ0n) is 12.6. The van der Waals surface area contributed by atoms with Crippen LogP contribution in [-0.4, -0.2) is 15.3 Å². The number of allylic oxidation sites excluding steroid dienone is 2. The zero-order valence-corrected chi connectivity index (χ0v) is 12.6. The summed E-state index contributed by atoms with van der Waals surface area (Å²) in [5.74, 6) is 0.503. The molecule has 0 fully saturated rings. The molecule has 0 radical (unpaired) electrons. The van der Waals surface area contributed by atoms with E-state index in [4.69, 9.17) is 4.42 Å². The van der Waals surface area contributed by atoms with E-state index >= 15 is 0 Å². The fourth-order valence-corrected chi connectivity index (χ4v) is 2.34. The van der Waals surface area contributed by atoms with Gasteiger partial charge in [0.25, 0.3) is 0 Å². The van der Waals surface area contributed by atoms with Gasteiger partial charge in [0.1, 0.15) is 28.6 Å². The van der Waals surface area contributed by atoms with Crippen molar-refractivity contribution >= 4 is 17.0 Å². The van der Waals surface area contributed by atoms with E-state index in [2.05, 4.69) is 6.58 Å². The predicted molar refractivity (Wildman–Crippen MR) is 90.5 cm³/mol. The summed E-state index contributed by atoms with van der Waals surface area (Å²) in [6, 6.07) is 9.39. The SMILES string of the molecule is C=C(C)/C=C/c1cc2cc(-c3cc(O)cc(O)c3)oc2cc1O. The normalized spacial score (nSPS) is 11.3. The van der Waals surface area contributed by atoms with E-state index in [1.54, 1.807) is 24.3 Å². The van der Waals surface area contributed by atoms with Gasteiger partial charge in [-0.3, -0.25) is 0 Å². The minimum absolute atomic E-state index is 0.0478. The van der Waals surface area contributed by atoms with Crippen molar-refractivity contribution in [2.75, 3.05) is 0 Å². The number of rotatable bonds is 3. The van der Waals surface area contributed by atoms with Crippen LogP contribution in [0.5, 0.6) is 17.2 Å². The van der Waals surface area contributed by atoms with Crippen LogP contribution in [0.15, 0.2) is 59.0 Å². The number of phenolic OH excluding ortho intramolecular Hbond substituents is 3. The molecular formula is C19H16O4. The van der Waals surface area contributed by atoms with Gasteiger partial charge >= 0.3 is 0 Å². The molecule has 0 saturated heterocycles. The topological polar surface area (TPSA) is 73.8 Å². The number of aromatic hydroxyl groups is 3. The lowest BCUT2D eigenvalue weighted by molar-refractivity contribution is 0.450. The monoisotopic (exact) mass is 308 g/mol. The first kappa shape index (κ1) is 14.8. The van der Waals surface area contributed by atoms with Crippen molar-refractivity contribution in [1.29, 1.82) is 0 Å². The molecule has 0 bridgehead atoms. The van der Waals surface area contributed by atoms with Crippen LogP contribution in [0.1, 0.15) is 12.5 Å². The number of hydrogen-bond donors (Lipinski definition) is 3. The molecule has 4 heteroatoms. The van der Waals surface area contributed by atoms with Crippen molar-refractivity contribution in [3.05, 3.63) is 60.2 Å². The van der Waals surface area contributed by atoms with Gasteiger partial charge in [0, 0.05) is 28.6 Å².